The summed E-state index contributed by atoms with van der Waals surface area (Å²) in [4.78, 5) is 21.8. The van der Waals surface area contributed by atoms with Gasteiger partial charge >= 0.3 is 0 Å². The van der Waals surface area contributed by atoms with Crippen LogP contribution >= 0.6 is 0 Å². The fraction of sp³-hybridized carbons (Fsp3) is 0.568. The molecule has 0 aliphatic heterocycles. The van der Waals surface area contributed by atoms with Crippen LogP contribution in [0.3, 0.4) is 0 Å². The van der Waals surface area contributed by atoms with E-state index in [0.29, 0.717) is 19.3 Å². The summed E-state index contributed by atoms with van der Waals surface area (Å²) in [6.45, 7) is 17.2. The second kappa shape index (κ2) is 32.3. The molecule has 0 saturated carbocycles. The van der Waals surface area contributed by atoms with Crippen LogP contribution < -0.4 is 0 Å². The molecule has 45 heavy (non-hydrogen) atoms. The Balaban J connectivity index is -0.000000694. The third-order valence-electron chi connectivity index (χ3n) is 6.82. The molecule has 0 fully saturated rings. The zero-order chi connectivity index (χ0) is 35.0. The number of hydrogen-bond acceptors (Lipinski definition) is 5. The quantitative estimate of drug-likeness (QED) is 0.0558. The number of unbranched alkanes of at least 4 members (excludes halogenated alkanes) is 1. The van der Waals surface area contributed by atoms with Crippen molar-refractivity contribution in [2.75, 3.05) is 0 Å². The number of carbonyl (C=O) groups excluding carboxylic acids is 1. The van der Waals surface area contributed by atoms with Crippen LogP contribution in [0.5, 0.6) is 0 Å². The number of aryl methyl sites for hydroxylation is 1. The van der Waals surface area contributed by atoms with Crippen molar-refractivity contribution in [3.05, 3.63) is 84.0 Å². The van der Waals surface area contributed by atoms with Crippen LogP contribution in [0.1, 0.15) is 117 Å². The van der Waals surface area contributed by atoms with E-state index in [2.05, 4.69) is 63.8 Å². The summed E-state index contributed by atoms with van der Waals surface area (Å²) in [6, 6.07) is 8.56. The predicted octanol–water partition coefficient (Wildman–Crippen LogP) is 8.27. The van der Waals surface area contributed by atoms with Crippen LogP contribution in [0, 0.1) is 0 Å². The molecule has 1 rings (SSSR count). The molecule has 0 aromatic heterocycles. The molecule has 4 unspecified atom stereocenters. The van der Waals surface area contributed by atoms with Crippen LogP contribution in [-0.4, -0.2) is 62.8 Å². The molecule has 0 aliphatic rings. The minimum atomic E-state index is -1.20. The van der Waals surface area contributed by atoms with E-state index in [-0.39, 0.29) is 18.6 Å². The number of allylic oxidation sites excluding steroid dienone is 5. The van der Waals surface area contributed by atoms with Crippen LogP contribution in [0.25, 0.3) is 0 Å². The van der Waals surface area contributed by atoms with Crippen LogP contribution in [0.4, 0.5) is 4.39 Å². The van der Waals surface area contributed by atoms with E-state index in [1.165, 1.54) is 24.5 Å². The molecule has 0 spiro atoms. The number of hydrogen-bond donors (Lipinski definition) is 4. The number of carboxylic acid groups (broad SMARTS) is 1. The van der Waals surface area contributed by atoms with Gasteiger partial charge < -0.3 is 25.3 Å². The molecule has 1 aromatic rings. The number of halogens is 1. The monoisotopic (exact) mass is 635 g/mol. The molecule has 1 aromatic carbocycles. The summed E-state index contributed by atoms with van der Waals surface area (Å²) < 4.78 is 12.6. The van der Waals surface area contributed by atoms with E-state index < -0.39 is 18.6 Å². The van der Waals surface area contributed by atoms with Gasteiger partial charge in [0.15, 0.2) is 6.29 Å². The molecule has 8 heteroatoms. The van der Waals surface area contributed by atoms with Gasteiger partial charge in [-0.1, -0.05) is 88.4 Å². The summed E-state index contributed by atoms with van der Waals surface area (Å²) in [5, 5.41) is 33.9. The van der Waals surface area contributed by atoms with E-state index in [9.17, 15) is 14.3 Å². The normalized spacial score (nSPS) is 13.7. The van der Waals surface area contributed by atoms with Crippen molar-refractivity contribution in [2.24, 2.45) is 0 Å². The van der Waals surface area contributed by atoms with Crippen molar-refractivity contribution >= 4 is 12.9 Å². The average molecular weight is 636 g/mol. The van der Waals surface area contributed by atoms with Crippen molar-refractivity contribution in [2.45, 2.75) is 137 Å². The van der Waals surface area contributed by atoms with Crippen molar-refractivity contribution in [3.63, 3.8) is 0 Å². The summed E-state index contributed by atoms with van der Waals surface area (Å²) in [7, 11) is 0. The summed E-state index contributed by atoms with van der Waals surface area (Å²) in [5.41, 5.74) is 3.22. The summed E-state index contributed by atoms with van der Waals surface area (Å²) >= 11 is 0. The first-order valence-corrected chi connectivity index (χ1v) is 16.1. The topological polar surface area (TPSA) is 118 Å². The molecule has 0 radical (unpaired) electrons. The second-order valence-electron chi connectivity index (χ2n) is 10.5. The number of alkyl halides is 1. The van der Waals surface area contributed by atoms with Gasteiger partial charge in [0, 0.05) is 12.5 Å². The third kappa shape index (κ3) is 25.9. The molecular formula is C37H62FNO6. The lowest BCUT2D eigenvalue weighted by atomic mass is 9.98. The number of amides is 1. The first kappa shape index (κ1) is 46.3. The number of carbonyl (C=O) groups is 2. The van der Waals surface area contributed by atoms with Gasteiger partial charge in [-0.25, -0.2) is 4.39 Å². The van der Waals surface area contributed by atoms with Crippen LogP contribution in [0.2, 0.25) is 0 Å². The number of nitrogens with zero attached hydrogens (tertiary/aromatic N) is 1. The second-order valence-corrected chi connectivity index (χ2v) is 10.5. The van der Waals surface area contributed by atoms with Gasteiger partial charge in [-0.05, 0) is 88.8 Å². The van der Waals surface area contributed by atoms with Crippen molar-refractivity contribution < 1.29 is 34.4 Å². The standard InChI is InChI=1S/C20H31NO3.C10H17FO.C6H12.CH2O2/c1-4-8-16(3)21(15-22)19(5-2)18-13-11-17(12-14-18)9-6-7-10-20(23)24;1-4-9(11)7-6-8(3)10(12)5-2;1-3-5-6-4-2;2-1-3/h4,8,11-16,19-20,23-24H,5-7,9-10H2,1-3H3;4,6,9-10,12H,1,5,7H2,2-3H3;5-6H,3-4H2,1-2H3;1H,(H,2,3)/b8-4-;8-6+;6-5+;. The van der Waals surface area contributed by atoms with Gasteiger partial charge in [0.1, 0.15) is 6.17 Å². The smallest absolute Gasteiger partial charge is 0.290 e. The number of benzene rings is 1. The van der Waals surface area contributed by atoms with Crippen molar-refractivity contribution in [1.29, 1.82) is 0 Å². The fourth-order valence-corrected chi connectivity index (χ4v) is 4.20. The molecule has 0 aliphatic carbocycles. The molecule has 0 heterocycles. The van der Waals surface area contributed by atoms with E-state index in [0.717, 1.165) is 43.2 Å². The molecule has 0 bridgehead atoms. The van der Waals surface area contributed by atoms with Crippen molar-refractivity contribution in [3.8, 4) is 0 Å². The lowest BCUT2D eigenvalue weighted by Crippen LogP contribution is -2.34. The maximum Gasteiger partial charge on any atom is 0.290 e. The molecule has 1 amide bonds. The first-order chi connectivity index (χ1) is 21.5. The highest BCUT2D eigenvalue weighted by atomic mass is 19.1. The fourth-order valence-electron chi connectivity index (χ4n) is 4.20. The Morgan fingerprint density at radius 2 is 1.53 bits per heavy atom. The first-order valence-electron chi connectivity index (χ1n) is 16.1. The molecule has 7 nitrogen and oxygen atoms in total. The SMILES string of the molecule is C/C=C\C(C)N(C=O)C(CC)c1ccc(CCCCC(O)O)cc1.C=CC(F)C/C=C(\C)C(O)CC.CC/C=C/CC.O=CO. The Morgan fingerprint density at radius 3 is 1.93 bits per heavy atom. The minimum Gasteiger partial charge on any atom is -0.483 e. The number of aliphatic hydroxyl groups is 3. The lowest BCUT2D eigenvalue weighted by Gasteiger charge is -2.32. The molecule has 4 atom stereocenters. The zero-order valence-corrected chi connectivity index (χ0v) is 28.8. The van der Waals surface area contributed by atoms with E-state index in [1.54, 1.807) is 6.08 Å². The van der Waals surface area contributed by atoms with Gasteiger partial charge in [-0.2, -0.15) is 0 Å². The van der Waals surface area contributed by atoms with Crippen LogP contribution in [0.15, 0.2) is 72.9 Å². The van der Waals surface area contributed by atoms with E-state index >= 15 is 0 Å². The maximum absolute atomic E-state index is 12.6. The van der Waals surface area contributed by atoms with Gasteiger partial charge in [0.2, 0.25) is 6.41 Å². The minimum absolute atomic E-state index is 0.0713. The molecule has 258 valence electrons. The zero-order valence-electron chi connectivity index (χ0n) is 28.8. The highest BCUT2D eigenvalue weighted by Crippen LogP contribution is 2.26. The van der Waals surface area contributed by atoms with Crippen LogP contribution in [-0.2, 0) is 16.0 Å². The van der Waals surface area contributed by atoms with Gasteiger partial charge in [-0.3, -0.25) is 9.59 Å². The number of rotatable bonds is 18. The molecular weight excluding hydrogens is 573 g/mol. The Hall–Kier alpha value is -3.07. The summed E-state index contributed by atoms with van der Waals surface area (Å²) in [5.74, 6) is 0. The Bertz CT molecular complexity index is 923. The van der Waals surface area contributed by atoms with Gasteiger partial charge in [0.05, 0.1) is 12.1 Å². The highest BCUT2D eigenvalue weighted by Gasteiger charge is 2.20. The van der Waals surface area contributed by atoms with Gasteiger partial charge in [-0.15, -0.1) is 6.58 Å². The summed E-state index contributed by atoms with van der Waals surface area (Å²) in [6.07, 6.45) is 17.0. The van der Waals surface area contributed by atoms with E-state index in [4.69, 9.17) is 20.1 Å². The van der Waals surface area contributed by atoms with Crippen molar-refractivity contribution in [1.82, 2.24) is 4.90 Å². The third-order valence-corrected chi connectivity index (χ3v) is 6.82. The molecule has 0 saturated heterocycles. The lowest BCUT2D eigenvalue weighted by molar-refractivity contribution is -0.123. The average Bonchev–Trinajstić information content (AvgIpc) is 3.04. The number of aliphatic hydroxyl groups excluding tert-OH is 2. The maximum atomic E-state index is 12.6. The molecule has 4 N–H and O–H groups in total. The highest BCUT2D eigenvalue weighted by molar-refractivity contribution is 5.50. The Kier molecular flexibility index (Phi) is 33.3. The van der Waals surface area contributed by atoms with E-state index in [1.807, 2.05) is 44.7 Å². The Labute approximate surface area is 272 Å². The Morgan fingerprint density at radius 1 is 0.978 bits per heavy atom. The predicted molar refractivity (Wildman–Crippen MR) is 186 cm³/mol. The van der Waals surface area contributed by atoms with Gasteiger partial charge in [0.25, 0.3) is 6.47 Å². The largest absolute Gasteiger partial charge is 0.483 e.